The quantitative estimate of drug-likeness (QED) is 0.746. The SMILES string of the molecule is CC(C)(C)NCCNC(=O)C1=C/C=C\C=C/C=C1. The molecule has 0 heterocycles. The highest BCUT2D eigenvalue weighted by molar-refractivity contribution is 5.96. The molecule has 0 saturated heterocycles. The third-order valence-corrected chi connectivity index (χ3v) is 2.32. The summed E-state index contributed by atoms with van der Waals surface area (Å²) in [5, 5.41) is 6.22. The van der Waals surface area contributed by atoms with Crippen LogP contribution in [0.4, 0.5) is 0 Å². The second-order valence-electron chi connectivity index (χ2n) is 5.18. The van der Waals surface area contributed by atoms with E-state index in [-0.39, 0.29) is 11.4 Å². The van der Waals surface area contributed by atoms with Crippen LogP contribution in [0.5, 0.6) is 0 Å². The Kier molecular flexibility index (Phi) is 5.59. The predicted molar refractivity (Wildman–Crippen MR) is 76.3 cm³/mol. The van der Waals surface area contributed by atoms with Gasteiger partial charge in [0.2, 0.25) is 0 Å². The van der Waals surface area contributed by atoms with Gasteiger partial charge in [0, 0.05) is 24.2 Å². The third kappa shape index (κ3) is 6.21. The zero-order valence-corrected chi connectivity index (χ0v) is 11.4. The molecule has 1 rings (SSSR count). The van der Waals surface area contributed by atoms with E-state index in [9.17, 15) is 4.79 Å². The fourth-order valence-electron chi connectivity index (χ4n) is 1.43. The summed E-state index contributed by atoms with van der Waals surface area (Å²) in [5.74, 6) is -0.0399. The molecule has 2 N–H and O–H groups in total. The van der Waals surface area contributed by atoms with Gasteiger partial charge in [-0.2, -0.15) is 0 Å². The van der Waals surface area contributed by atoms with E-state index < -0.39 is 0 Å². The smallest absolute Gasteiger partial charge is 0.251 e. The van der Waals surface area contributed by atoms with Crippen LogP contribution in [0.3, 0.4) is 0 Å². The third-order valence-electron chi connectivity index (χ3n) is 2.32. The van der Waals surface area contributed by atoms with E-state index in [2.05, 4.69) is 31.4 Å². The van der Waals surface area contributed by atoms with Crippen LogP contribution in [0, 0.1) is 0 Å². The van der Waals surface area contributed by atoms with Crippen molar-refractivity contribution in [2.75, 3.05) is 13.1 Å². The molecule has 98 valence electrons. The van der Waals surface area contributed by atoms with E-state index in [1.54, 1.807) is 0 Å². The molecular formula is C15H22N2O. The summed E-state index contributed by atoms with van der Waals surface area (Å²) in [4.78, 5) is 11.9. The normalized spacial score (nSPS) is 18.5. The molecule has 3 heteroatoms. The lowest BCUT2D eigenvalue weighted by atomic mass is 10.1. The topological polar surface area (TPSA) is 41.1 Å². The number of nitrogens with one attached hydrogen (secondary N) is 2. The first-order valence-corrected chi connectivity index (χ1v) is 6.24. The number of carbonyl (C=O) groups is 1. The van der Waals surface area contributed by atoms with Gasteiger partial charge in [-0.1, -0.05) is 30.4 Å². The summed E-state index contributed by atoms with van der Waals surface area (Å²) in [7, 11) is 0. The minimum Gasteiger partial charge on any atom is -0.351 e. The Hall–Kier alpha value is -1.61. The highest BCUT2D eigenvalue weighted by atomic mass is 16.1. The summed E-state index contributed by atoms with van der Waals surface area (Å²) < 4.78 is 0. The largest absolute Gasteiger partial charge is 0.351 e. The maximum atomic E-state index is 11.9. The summed E-state index contributed by atoms with van der Waals surface area (Å²) in [6, 6.07) is 0. The molecule has 1 amide bonds. The van der Waals surface area contributed by atoms with Crippen molar-refractivity contribution in [3.05, 3.63) is 48.1 Å². The number of amides is 1. The minimum absolute atomic E-state index is 0.0399. The average Bonchev–Trinajstić information content (AvgIpc) is 2.22. The Balaban J connectivity index is 2.37. The Morgan fingerprint density at radius 1 is 1.06 bits per heavy atom. The summed E-state index contributed by atoms with van der Waals surface area (Å²) in [6.07, 6.45) is 13.1. The van der Waals surface area contributed by atoms with Gasteiger partial charge >= 0.3 is 0 Å². The molecule has 0 fully saturated rings. The van der Waals surface area contributed by atoms with Crippen molar-refractivity contribution in [3.8, 4) is 0 Å². The lowest BCUT2D eigenvalue weighted by Crippen LogP contribution is -2.41. The minimum atomic E-state index is -0.0399. The number of hydrogen-bond donors (Lipinski definition) is 2. The summed E-state index contributed by atoms with van der Waals surface area (Å²) in [5.41, 5.74) is 0.754. The molecule has 0 aromatic rings. The van der Waals surface area contributed by atoms with Crippen molar-refractivity contribution in [2.45, 2.75) is 26.3 Å². The van der Waals surface area contributed by atoms with Gasteiger partial charge in [-0.3, -0.25) is 4.79 Å². The van der Waals surface area contributed by atoms with Crippen molar-refractivity contribution in [3.63, 3.8) is 0 Å². The van der Waals surface area contributed by atoms with E-state index in [0.29, 0.717) is 12.1 Å². The van der Waals surface area contributed by atoms with Gasteiger partial charge in [-0.25, -0.2) is 0 Å². The number of allylic oxidation sites excluding steroid dienone is 6. The van der Waals surface area contributed by atoms with Crippen LogP contribution in [0.15, 0.2) is 48.1 Å². The molecule has 0 unspecified atom stereocenters. The summed E-state index contributed by atoms with van der Waals surface area (Å²) in [6.45, 7) is 7.70. The van der Waals surface area contributed by atoms with Crippen molar-refractivity contribution in [1.29, 1.82) is 0 Å². The molecule has 0 spiro atoms. The van der Waals surface area contributed by atoms with Crippen LogP contribution in [0.2, 0.25) is 0 Å². The maximum Gasteiger partial charge on any atom is 0.251 e. The van der Waals surface area contributed by atoms with E-state index in [4.69, 9.17) is 0 Å². The standard InChI is InChI=1S/C15H22N2O/c1-15(2,3)17-12-11-16-14(18)13-9-7-5-4-6-8-10-13/h4-10,17H,11-12H2,1-3H3,(H,16,18)/b5-4-,6-4?,7-5?,8-6-,9-7?,10-8?,13-9?,13-10?. The van der Waals surface area contributed by atoms with E-state index in [1.165, 1.54) is 0 Å². The molecule has 1 aliphatic carbocycles. The number of carbonyl (C=O) groups excluding carboxylic acids is 1. The van der Waals surface area contributed by atoms with Crippen molar-refractivity contribution >= 4 is 5.91 Å². The highest BCUT2D eigenvalue weighted by Gasteiger charge is 2.09. The monoisotopic (exact) mass is 246 g/mol. The molecule has 1 aliphatic rings. The van der Waals surface area contributed by atoms with Gasteiger partial charge in [0.25, 0.3) is 5.91 Å². The van der Waals surface area contributed by atoms with Gasteiger partial charge in [-0.05, 0) is 32.9 Å². The van der Waals surface area contributed by atoms with Gasteiger partial charge in [0.05, 0.1) is 0 Å². The van der Waals surface area contributed by atoms with Gasteiger partial charge < -0.3 is 10.6 Å². The first-order chi connectivity index (χ1) is 8.49. The van der Waals surface area contributed by atoms with Crippen LogP contribution in [-0.2, 0) is 4.79 Å². The second kappa shape index (κ2) is 6.97. The van der Waals surface area contributed by atoms with E-state index in [1.807, 2.05) is 42.5 Å². The Bertz CT molecular complexity index is 395. The van der Waals surface area contributed by atoms with Crippen LogP contribution < -0.4 is 10.6 Å². The van der Waals surface area contributed by atoms with E-state index in [0.717, 1.165) is 6.54 Å². The lowest BCUT2D eigenvalue weighted by molar-refractivity contribution is -0.117. The zero-order chi connectivity index (χ0) is 13.4. The zero-order valence-electron chi connectivity index (χ0n) is 11.4. The molecule has 0 radical (unpaired) electrons. The van der Waals surface area contributed by atoms with Gasteiger partial charge in [0.15, 0.2) is 0 Å². The van der Waals surface area contributed by atoms with E-state index >= 15 is 0 Å². The average molecular weight is 246 g/mol. The second-order valence-corrected chi connectivity index (χ2v) is 5.18. The van der Waals surface area contributed by atoms with Crippen LogP contribution in [0.25, 0.3) is 0 Å². The fraction of sp³-hybridized carbons (Fsp3) is 0.400. The molecular weight excluding hydrogens is 224 g/mol. The Morgan fingerprint density at radius 2 is 1.72 bits per heavy atom. The van der Waals surface area contributed by atoms with Gasteiger partial charge in [-0.15, -0.1) is 0 Å². The molecule has 3 nitrogen and oxygen atoms in total. The Labute approximate surface area is 109 Å². The van der Waals surface area contributed by atoms with Gasteiger partial charge in [0.1, 0.15) is 0 Å². The summed E-state index contributed by atoms with van der Waals surface area (Å²) >= 11 is 0. The fourth-order valence-corrected chi connectivity index (χ4v) is 1.43. The molecule has 0 aromatic carbocycles. The number of rotatable bonds is 4. The van der Waals surface area contributed by atoms with Crippen LogP contribution in [0.1, 0.15) is 20.8 Å². The maximum absolute atomic E-state index is 11.9. The molecule has 0 aromatic heterocycles. The predicted octanol–water partition coefficient (Wildman–Crippen LogP) is 2.10. The van der Waals surface area contributed by atoms with Crippen molar-refractivity contribution in [2.24, 2.45) is 0 Å². The number of hydrogen-bond acceptors (Lipinski definition) is 2. The van der Waals surface area contributed by atoms with Crippen molar-refractivity contribution < 1.29 is 4.79 Å². The van der Waals surface area contributed by atoms with Crippen molar-refractivity contribution in [1.82, 2.24) is 10.6 Å². The molecule has 18 heavy (non-hydrogen) atoms. The Morgan fingerprint density at radius 3 is 2.44 bits per heavy atom. The van der Waals surface area contributed by atoms with Crippen LogP contribution in [-0.4, -0.2) is 24.5 Å². The molecule has 0 atom stereocenters. The highest BCUT2D eigenvalue weighted by Crippen LogP contribution is 2.01. The molecule has 0 saturated carbocycles. The first kappa shape index (κ1) is 14.5. The molecule has 0 bridgehead atoms. The van der Waals surface area contributed by atoms with Crippen LogP contribution >= 0.6 is 0 Å². The lowest BCUT2D eigenvalue weighted by Gasteiger charge is -2.20. The molecule has 0 aliphatic heterocycles. The first-order valence-electron chi connectivity index (χ1n) is 6.24.